The molecule has 1 atom stereocenters. The maximum Gasteiger partial charge on any atom is 0.251 e. The molecule has 6 heteroatoms. The first kappa shape index (κ1) is 16.6. The van der Waals surface area contributed by atoms with Gasteiger partial charge in [0.05, 0.1) is 13.2 Å². The molecule has 0 aliphatic rings. The third-order valence-electron chi connectivity index (χ3n) is 3.06. The van der Waals surface area contributed by atoms with Gasteiger partial charge in [-0.05, 0) is 35.9 Å². The molecule has 0 radical (unpaired) electrons. The van der Waals surface area contributed by atoms with Crippen molar-refractivity contribution in [2.75, 3.05) is 13.7 Å². The Morgan fingerprint density at radius 3 is 2.55 bits per heavy atom. The largest absolute Gasteiger partial charge is 0.497 e. The van der Waals surface area contributed by atoms with Gasteiger partial charge in [0.1, 0.15) is 5.75 Å². The summed E-state index contributed by atoms with van der Waals surface area (Å²) in [6.45, 7) is 0.0656. The molecule has 0 aromatic heterocycles. The number of ether oxygens (including phenoxy) is 1. The standard InChI is InChI=1S/C16H15Cl2NO3/c1-22-14-4-2-3-10(7-14)15(20)9-19-16(21)11-5-12(17)8-13(18)6-11/h2-8,15,20H,9H2,1H3,(H,19,21). The average Bonchev–Trinajstić information content (AvgIpc) is 2.51. The van der Waals surface area contributed by atoms with Crippen molar-refractivity contribution in [1.82, 2.24) is 5.32 Å². The molecule has 2 N–H and O–H groups in total. The van der Waals surface area contributed by atoms with E-state index in [-0.39, 0.29) is 12.5 Å². The van der Waals surface area contributed by atoms with Crippen molar-refractivity contribution in [3.63, 3.8) is 0 Å². The molecule has 2 aromatic carbocycles. The molecule has 2 rings (SSSR count). The van der Waals surface area contributed by atoms with Gasteiger partial charge in [-0.3, -0.25) is 4.79 Å². The Balaban J connectivity index is 2.00. The molecule has 0 saturated carbocycles. The zero-order valence-corrected chi connectivity index (χ0v) is 13.4. The van der Waals surface area contributed by atoms with Crippen LogP contribution in [0.5, 0.6) is 5.75 Å². The normalized spacial score (nSPS) is 11.8. The van der Waals surface area contributed by atoms with E-state index >= 15 is 0 Å². The smallest absolute Gasteiger partial charge is 0.251 e. The number of hydrogen-bond acceptors (Lipinski definition) is 3. The van der Waals surface area contributed by atoms with Crippen molar-refractivity contribution in [2.45, 2.75) is 6.10 Å². The summed E-state index contributed by atoms with van der Waals surface area (Å²) in [7, 11) is 1.55. The van der Waals surface area contributed by atoms with E-state index in [4.69, 9.17) is 27.9 Å². The monoisotopic (exact) mass is 339 g/mol. The van der Waals surface area contributed by atoms with E-state index in [0.717, 1.165) is 0 Å². The van der Waals surface area contributed by atoms with Crippen LogP contribution in [0, 0.1) is 0 Å². The van der Waals surface area contributed by atoms with Crippen molar-refractivity contribution in [3.8, 4) is 5.75 Å². The Morgan fingerprint density at radius 2 is 1.91 bits per heavy atom. The number of rotatable bonds is 5. The first-order chi connectivity index (χ1) is 10.5. The van der Waals surface area contributed by atoms with Gasteiger partial charge in [0.2, 0.25) is 0 Å². The maximum absolute atomic E-state index is 12.0. The van der Waals surface area contributed by atoms with Crippen molar-refractivity contribution in [1.29, 1.82) is 0 Å². The number of carbonyl (C=O) groups is 1. The van der Waals surface area contributed by atoms with Gasteiger partial charge in [-0.1, -0.05) is 35.3 Å². The van der Waals surface area contributed by atoms with Gasteiger partial charge >= 0.3 is 0 Å². The summed E-state index contributed by atoms with van der Waals surface area (Å²) in [6, 6.07) is 11.6. The van der Waals surface area contributed by atoms with Crippen LogP contribution in [-0.2, 0) is 0 Å². The van der Waals surface area contributed by atoms with Gasteiger partial charge < -0.3 is 15.2 Å². The predicted octanol–water partition coefficient (Wildman–Crippen LogP) is 3.47. The van der Waals surface area contributed by atoms with E-state index in [9.17, 15) is 9.90 Å². The lowest BCUT2D eigenvalue weighted by molar-refractivity contribution is 0.0916. The van der Waals surface area contributed by atoms with Gasteiger partial charge in [0.15, 0.2) is 0 Å². The first-order valence-electron chi connectivity index (χ1n) is 6.56. The van der Waals surface area contributed by atoms with Crippen LogP contribution in [0.15, 0.2) is 42.5 Å². The fourth-order valence-corrected chi connectivity index (χ4v) is 2.47. The topological polar surface area (TPSA) is 58.6 Å². The van der Waals surface area contributed by atoms with Crippen molar-refractivity contribution in [2.24, 2.45) is 0 Å². The minimum Gasteiger partial charge on any atom is -0.497 e. The summed E-state index contributed by atoms with van der Waals surface area (Å²) in [5.41, 5.74) is 0.999. The molecule has 0 heterocycles. The Labute approximate surface area is 138 Å². The molecule has 1 unspecified atom stereocenters. The third-order valence-corrected chi connectivity index (χ3v) is 3.50. The Bertz CT molecular complexity index is 656. The molecular weight excluding hydrogens is 325 g/mol. The van der Waals surface area contributed by atoms with E-state index in [1.807, 2.05) is 0 Å². The molecule has 22 heavy (non-hydrogen) atoms. The number of carbonyl (C=O) groups excluding carboxylic acids is 1. The lowest BCUT2D eigenvalue weighted by atomic mass is 10.1. The molecule has 0 bridgehead atoms. The van der Waals surface area contributed by atoms with Crippen LogP contribution < -0.4 is 10.1 Å². The van der Waals surface area contributed by atoms with Crippen LogP contribution in [0.25, 0.3) is 0 Å². The van der Waals surface area contributed by atoms with Crippen molar-refractivity contribution in [3.05, 3.63) is 63.6 Å². The van der Waals surface area contributed by atoms with E-state index in [1.165, 1.54) is 12.1 Å². The van der Waals surface area contributed by atoms with Gasteiger partial charge in [-0.25, -0.2) is 0 Å². The van der Waals surface area contributed by atoms with Gasteiger partial charge in [0.25, 0.3) is 5.91 Å². The number of aliphatic hydroxyl groups is 1. The van der Waals surface area contributed by atoms with E-state index in [2.05, 4.69) is 5.32 Å². The van der Waals surface area contributed by atoms with Crippen LogP contribution in [0.4, 0.5) is 0 Å². The second-order valence-corrected chi connectivity index (χ2v) is 5.53. The molecule has 0 aliphatic carbocycles. The average molecular weight is 340 g/mol. The number of benzene rings is 2. The molecule has 0 saturated heterocycles. The SMILES string of the molecule is COc1cccc(C(O)CNC(=O)c2cc(Cl)cc(Cl)c2)c1. The number of hydrogen-bond donors (Lipinski definition) is 2. The van der Waals surface area contributed by atoms with E-state index in [1.54, 1.807) is 37.4 Å². The number of nitrogens with one attached hydrogen (secondary N) is 1. The number of methoxy groups -OCH3 is 1. The highest BCUT2D eigenvalue weighted by Gasteiger charge is 2.12. The summed E-state index contributed by atoms with van der Waals surface area (Å²) in [4.78, 5) is 12.0. The van der Waals surface area contributed by atoms with Gasteiger partial charge in [-0.15, -0.1) is 0 Å². The quantitative estimate of drug-likeness (QED) is 0.876. The Morgan fingerprint density at radius 1 is 1.23 bits per heavy atom. The number of halogens is 2. The minimum atomic E-state index is -0.839. The lowest BCUT2D eigenvalue weighted by Crippen LogP contribution is -2.28. The molecule has 1 amide bonds. The molecule has 0 spiro atoms. The highest BCUT2D eigenvalue weighted by Crippen LogP contribution is 2.20. The van der Waals surface area contributed by atoms with Crippen LogP contribution in [-0.4, -0.2) is 24.7 Å². The number of amides is 1. The van der Waals surface area contributed by atoms with Crippen molar-refractivity contribution < 1.29 is 14.6 Å². The number of aliphatic hydroxyl groups excluding tert-OH is 1. The summed E-state index contributed by atoms with van der Waals surface area (Å²) in [6.07, 6.45) is -0.839. The maximum atomic E-state index is 12.0. The summed E-state index contributed by atoms with van der Waals surface area (Å²) >= 11 is 11.7. The van der Waals surface area contributed by atoms with E-state index in [0.29, 0.717) is 26.9 Å². The molecule has 0 aliphatic heterocycles. The third kappa shape index (κ3) is 4.37. The minimum absolute atomic E-state index is 0.0656. The highest BCUT2D eigenvalue weighted by atomic mass is 35.5. The summed E-state index contributed by atoms with van der Waals surface area (Å²) in [5, 5.41) is 13.5. The van der Waals surface area contributed by atoms with Crippen molar-refractivity contribution >= 4 is 29.1 Å². The highest BCUT2D eigenvalue weighted by molar-refractivity contribution is 6.35. The lowest BCUT2D eigenvalue weighted by Gasteiger charge is -2.13. The zero-order valence-electron chi connectivity index (χ0n) is 11.8. The fourth-order valence-electron chi connectivity index (χ4n) is 1.94. The van der Waals surface area contributed by atoms with Gasteiger partial charge in [0, 0.05) is 22.2 Å². The molecule has 0 fully saturated rings. The molecular formula is C16H15Cl2NO3. The second-order valence-electron chi connectivity index (χ2n) is 4.66. The van der Waals surface area contributed by atoms with E-state index < -0.39 is 6.10 Å². The predicted molar refractivity (Wildman–Crippen MR) is 86.7 cm³/mol. The molecule has 116 valence electrons. The van der Waals surface area contributed by atoms with Crippen LogP contribution >= 0.6 is 23.2 Å². The summed E-state index contributed by atoms with van der Waals surface area (Å²) in [5.74, 6) is 0.288. The Hall–Kier alpha value is -1.75. The Kier molecular flexibility index (Phi) is 5.66. The van der Waals surface area contributed by atoms with Crippen LogP contribution in [0.2, 0.25) is 10.0 Å². The first-order valence-corrected chi connectivity index (χ1v) is 7.31. The molecule has 4 nitrogen and oxygen atoms in total. The second kappa shape index (κ2) is 7.49. The fraction of sp³-hybridized carbons (Fsp3) is 0.188. The zero-order chi connectivity index (χ0) is 16.1. The summed E-state index contributed by atoms with van der Waals surface area (Å²) < 4.78 is 5.10. The van der Waals surface area contributed by atoms with Crippen LogP contribution in [0.1, 0.15) is 22.0 Å². The molecule has 2 aromatic rings. The van der Waals surface area contributed by atoms with Crippen LogP contribution in [0.3, 0.4) is 0 Å². The van der Waals surface area contributed by atoms with Gasteiger partial charge in [-0.2, -0.15) is 0 Å².